The quantitative estimate of drug-likeness (QED) is 0.506. The zero-order chi connectivity index (χ0) is 17.7. The van der Waals surface area contributed by atoms with Crippen LogP contribution in [0.1, 0.15) is 23.2 Å². The lowest BCUT2D eigenvalue weighted by Crippen LogP contribution is -2.41. The monoisotopic (exact) mass is 353 g/mol. The molecule has 8 heteroatoms. The molecule has 0 radical (unpaired) electrons. The van der Waals surface area contributed by atoms with Crippen molar-refractivity contribution in [3.8, 4) is 5.75 Å². The van der Waals surface area contributed by atoms with Gasteiger partial charge >= 0.3 is 0 Å². The largest absolute Gasteiger partial charge is 0.496 e. The highest BCUT2D eigenvalue weighted by atomic mass is 35.5. The Hall–Kier alpha value is -1.44. The summed E-state index contributed by atoms with van der Waals surface area (Å²) in [4.78, 5) is 14.7. The van der Waals surface area contributed by atoms with Crippen molar-refractivity contribution in [2.24, 2.45) is 5.92 Å². The summed E-state index contributed by atoms with van der Waals surface area (Å²) in [5.41, 5.74) is 6.51. The molecule has 0 aliphatic carbocycles. The van der Waals surface area contributed by atoms with E-state index in [1.54, 1.807) is 13.9 Å². The van der Waals surface area contributed by atoms with Gasteiger partial charge in [0.2, 0.25) is 0 Å². The van der Waals surface area contributed by atoms with Crippen molar-refractivity contribution in [2.45, 2.75) is 18.8 Å². The lowest BCUT2D eigenvalue weighted by Gasteiger charge is -2.32. The number of nitrogens with one attached hydrogen (secondary N) is 1. The molecule has 132 valence electrons. The second kappa shape index (κ2) is 8.60. The Labute approximate surface area is 148 Å². The number of piperidine rings is 1. The van der Waals surface area contributed by atoms with Gasteiger partial charge in [-0.25, -0.2) is 0 Å². The van der Waals surface area contributed by atoms with Gasteiger partial charge in [-0.15, -0.1) is 0 Å². The first kappa shape index (κ1) is 18.9. The Bertz CT molecular complexity index is 578. The molecule has 1 aliphatic rings. The predicted molar refractivity (Wildman–Crippen MR) is 98.5 cm³/mol. The van der Waals surface area contributed by atoms with Crippen molar-refractivity contribution in [3.05, 3.63) is 22.7 Å². The molecule has 1 amide bonds. The summed E-state index contributed by atoms with van der Waals surface area (Å²) < 4.78 is 5.22. The van der Waals surface area contributed by atoms with Crippen molar-refractivity contribution in [1.82, 2.24) is 10.2 Å². The molecule has 2 rings (SSSR count). The number of β-amino-alcohol motifs (C(OH)–C–C–N with tert-alkyl or cyclic N) is 1. The molecule has 0 saturated carbocycles. The molecule has 4 N–H and O–H groups in total. The van der Waals surface area contributed by atoms with Crippen molar-refractivity contribution in [1.29, 1.82) is 0 Å². The third-order valence-electron chi connectivity index (χ3n) is 4.34. The van der Waals surface area contributed by atoms with Gasteiger partial charge in [0, 0.05) is 25.2 Å². The normalized spacial score (nSPS) is 17.5. The van der Waals surface area contributed by atoms with Crippen molar-refractivity contribution < 1.29 is 14.6 Å². The molecule has 0 aromatic heterocycles. The molecular formula is C16H25BClN3O3. The number of hydrogen-bond donors (Lipinski definition) is 3. The van der Waals surface area contributed by atoms with Crippen LogP contribution in [0.3, 0.4) is 0 Å². The summed E-state index contributed by atoms with van der Waals surface area (Å²) in [5.74, 6) is 0.649. The number of likely N-dealkylation sites (tertiary alicyclic amines) is 1. The summed E-state index contributed by atoms with van der Waals surface area (Å²) in [5, 5.41) is 12.7. The second-order valence-corrected chi connectivity index (χ2v) is 6.78. The summed E-state index contributed by atoms with van der Waals surface area (Å²) in [6, 6.07) is 2.80. The highest BCUT2D eigenvalue weighted by Gasteiger charge is 2.21. The third kappa shape index (κ3) is 5.03. The topological polar surface area (TPSA) is 87.8 Å². The second-order valence-electron chi connectivity index (χ2n) is 6.38. The molecule has 0 bridgehead atoms. The van der Waals surface area contributed by atoms with Gasteiger partial charge in [0.05, 0.1) is 23.4 Å². The van der Waals surface area contributed by atoms with Gasteiger partial charge in [0.1, 0.15) is 13.6 Å². The fraction of sp³-hybridized carbons (Fsp3) is 0.562. The number of anilines is 1. The molecule has 1 aromatic rings. The van der Waals surface area contributed by atoms with Crippen LogP contribution in [0.2, 0.25) is 5.02 Å². The molecule has 1 atom stereocenters. The number of nitrogen functional groups attached to an aromatic ring is 1. The van der Waals surface area contributed by atoms with Gasteiger partial charge in [0.25, 0.3) is 5.91 Å². The van der Waals surface area contributed by atoms with E-state index in [4.69, 9.17) is 22.1 Å². The van der Waals surface area contributed by atoms with Gasteiger partial charge in [-0.3, -0.25) is 4.79 Å². The first-order valence-electron chi connectivity index (χ1n) is 8.22. The van der Waals surface area contributed by atoms with Crippen LogP contribution in [0.15, 0.2) is 12.1 Å². The number of carbonyl (C=O) groups excluding carboxylic acids is 1. The SMILES string of the molecule is BC(O)CN1CCC(CNC(=O)c2cc(Cl)c(N)cc2OC)CC1. The van der Waals surface area contributed by atoms with Crippen LogP contribution in [0.4, 0.5) is 5.69 Å². The van der Waals surface area contributed by atoms with E-state index >= 15 is 0 Å². The maximum absolute atomic E-state index is 12.4. The number of nitrogens with two attached hydrogens (primary N) is 1. The Balaban J connectivity index is 1.87. The van der Waals surface area contributed by atoms with E-state index in [0.717, 1.165) is 25.9 Å². The summed E-state index contributed by atoms with van der Waals surface area (Å²) in [6.45, 7) is 3.22. The molecule has 1 unspecified atom stereocenters. The molecule has 1 aromatic carbocycles. The molecule has 0 spiro atoms. The molecule has 24 heavy (non-hydrogen) atoms. The van der Waals surface area contributed by atoms with Crippen molar-refractivity contribution in [3.63, 3.8) is 0 Å². The molecule has 1 aliphatic heterocycles. The molecule has 1 saturated heterocycles. The van der Waals surface area contributed by atoms with Gasteiger partial charge in [-0.05, 0) is 37.9 Å². The Kier molecular flexibility index (Phi) is 6.77. The minimum Gasteiger partial charge on any atom is -0.496 e. The summed E-state index contributed by atoms with van der Waals surface area (Å²) in [6.07, 6.45) is 2.01. The lowest BCUT2D eigenvalue weighted by molar-refractivity contribution is 0.0926. The Morgan fingerprint density at radius 3 is 2.79 bits per heavy atom. The van der Waals surface area contributed by atoms with Crippen molar-refractivity contribution >= 4 is 31.0 Å². The highest BCUT2D eigenvalue weighted by Crippen LogP contribution is 2.28. The minimum absolute atomic E-state index is 0.208. The van der Waals surface area contributed by atoms with Gasteiger partial charge in [-0.2, -0.15) is 0 Å². The first-order chi connectivity index (χ1) is 11.4. The predicted octanol–water partition coefficient (Wildman–Crippen LogP) is 0.324. The van der Waals surface area contributed by atoms with Crippen LogP contribution < -0.4 is 15.8 Å². The zero-order valence-electron chi connectivity index (χ0n) is 14.2. The highest BCUT2D eigenvalue weighted by molar-refractivity contribution is 6.33. The number of carbonyl (C=O) groups is 1. The van der Waals surface area contributed by atoms with E-state index in [-0.39, 0.29) is 11.9 Å². The molecule has 1 fully saturated rings. The number of methoxy groups -OCH3 is 1. The van der Waals surface area contributed by atoms with Crippen LogP contribution in [-0.4, -0.2) is 63.1 Å². The number of aliphatic hydroxyl groups is 1. The minimum atomic E-state index is -0.302. The smallest absolute Gasteiger partial charge is 0.255 e. The number of rotatable bonds is 6. The Morgan fingerprint density at radius 1 is 1.54 bits per heavy atom. The van der Waals surface area contributed by atoms with Gasteiger partial charge in [0.15, 0.2) is 0 Å². The maximum atomic E-state index is 12.4. The maximum Gasteiger partial charge on any atom is 0.255 e. The summed E-state index contributed by atoms with van der Waals surface area (Å²) in [7, 11) is 3.30. The van der Waals surface area contributed by atoms with E-state index in [2.05, 4.69) is 10.2 Å². The molecule has 6 nitrogen and oxygen atoms in total. The first-order valence-corrected chi connectivity index (χ1v) is 8.60. The lowest BCUT2D eigenvalue weighted by atomic mass is 9.94. The van der Waals surface area contributed by atoms with Crippen LogP contribution in [0, 0.1) is 5.92 Å². The van der Waals surface area contributed by atoms with E-state index < -0.39 is 0 Å². The van der Waals surface area contributed by atoms with E-state index in [1.807, 2.05) is 0 Å². The fourth-order valence-electron chi connectivity index (χ4n) is 2.99. The van der Waals surface area contributed by atoms with Crippen LogP contribution in [0.5, 0.6) is 5.75 Å². The average Bonchev–Trinajstić information content (AvgIpc) is 2.55. The standard InChI is InChI=1S/C16H25BClN3O3/c1-24-14-7-13(19)12(18)6-11(14)16(23)20-8-10-2-4-21(5-3-10)9-15(17)22/h6-7,10,15,22H,2-5,8-9,17,19H2,1H3,(H,20,23). The average molecular weight is 354 g/mol. The van der Waals surface area contributed by atoms with Crippen LogP contribution in [-0.2, 0) is 0 Å². The fourth-order valence-corrected chi connectivity index (χ4v) is 3.16. The number of benzene rings is 1. The molecule has 1 heterocycles. The number of amides is 1. The Morgan fingerprint density at radius 2 is 2.21 bits per heavy atom. The number of hydrogen-bond acceptors (Lipinski definition) is 5. The van der Waals surface area contributed by atoms with Gasteiger partial charge < -0.3 is 25.8 Å². The zero-order valence-corrected chi connectivity index (χ0v) is 15.0. The number of halogens is 1. The van der Waals surface area contributed by atoms with E-state index in [9.17, 15) is 9.90 Å². The van der Waals surface area contributed by atoms with Crippen molar-refractivity contribution in [2.75, 3.05) is 39.0 Å². The molecular weight excluding hydrogens is 328 g/mol. The number of nitrogens with zero attached hydrogens (tertiary/aromatic N) is 1. The number of ether oxygens (including phenoxy) is 1. The van der Waals surface area contributed by atoms with E-state index in [0.29, 0.717) is 41.0 Å². The van der Waals surface area contributed by atoms with Crippen LogP contribution >= 0.6 is 11.6 Å². The van der Waals surface area contributed by atoms with E-state index in [1.165, 1.54) is 13.2 Å². The third-order valence-corrected chi connectivity index (χ3v) is 4.67. The number of aliphatic hydroxyl groups excluding tert-OH is 1. The summed E-state index contributed by atoms with van der Waals surface area (Å²) >= 11 is 6.01. The van der Waals surface area contributed by atoms with Crippen LogP contribution in [0.25, 0.3) is 0 Å². The van der Waals surface area contributed by atoms with Gasteiger partial charge in [-0.1, -0.05) is 11.6 Å².